The highest BCUT2D eigenvalue weighted by atomic mass is 79.9. The van der Waals surface area contributed by atoms with Crippen molar-refractivity contribution in [2.24, 2.45) is 0 Å². The van der Waals surface area contributed by atoms with Crippen LogP contribution in [0.4, 0.5) is 5.69 Å². The number of carbonyl (C=O) groups excluding carboxylic acids is 1. The van der Waals surface area contributed by atoms with Crippen molar-refractivity contribution >= 4 is 27.4 Å². The lowest BCUT2D eigenvalue weighted by atomic mass is 10.1. The highest BCUT2D eigenvalue weighted by Gasteiger charge is 2.17. The Kier molecular flexibility index (Phi) is 3.57. The molecule has 1 aromatic carbocycles. The molecule has 0 bridgehead atoms. The van der Waals surface area contributed by atoms with Gasteiger partial charge in [0.25, 0.3) is 5.69 Å². The minimum atomic E-state index is -0.475. The Morgan fingerprint density at radius 3 is 2.60 bits per heavy atom. The summed E-state index contributed by atoms with van der Waals surface area (Å²) in [7, 11) is 0. The minimum absolute atomic E-state index is 0.0400. The maximum Gasteiger partial charge on any atom is 0.272 e. The zero-order valence-corrected chi connectivity index (χ0v) is 9.95. The molecule has 0 heterocycles. The first-order valence-electron chi connectivity index (χ1n) is 4.33. The Morgan fingerprint density at radius 2 is 2.13 bits per heavy atom. The summed E-state index contributed by atoms with van der Waals surface area (Å²) in [6, 6.07) is 4.78. The van der Waals surface area contributed by atoms with Gasteiger partial charge in [0.2, 0.25) is 0 Å². The highest BCUT2D eigenvalue weighted by molar-refractivity contribution is 9.09. The Hall–Kier alpha value is -1.23. The van der Waals surface area contributed by atoms with Crippen LogP contribution in [-0.4, -0.2) is 10.7 Å². The second kappa shape index (κ2) is 4.53. The first-order chi connectivity index (χ1) is 6.93. The van der Waals surface area contributed by atoms with Gasteiger partial charge in [0.1, 0.15) is 5.78 Å². The summed E-state index contributed by atoms with van der Waals surface area (Å²) in [5.74, 6) is -0.0758. The van der Waals surface area contributed by atoms with E-state index in [-0.39, 0.29) is 11.5 Å². The standard InChI is InChI=1S/C10H10BrNO3/c1-6-3-4-8(10(11)7(2)13)5-9(6)12(14)15/h3-5,10H,1-2H3. The predicted molar refractivity (Wildman–Crippen MR) is 60.2 cm³/mol. The average molecular weight is 272 g/mol. The lowest BCUT2D eigenvalue weighted by molar-refractivity contribution is -0.385. The molecule has 15 heavy (non-hydrogen) atoms. The van der Waals surface area contributed by atoms with Crippen molar-refractivity contribution in [3.05, 3.63) is 39.4 Å². The Labute approximate surface area is 95.6 Å². The SMILES string of the molecule is CC(=O)C(Br)c1ccc(C)c([N+](=O)[O-])c1. The monoisotopic (exact) mass is 271 g/mol. The fourth-order valence-corrected chi connectivity index (χ4v) is 1.50. The van der Waals surface area contributed by atoms with E-state index in [4.69, 9.17) is 0 Å². The number of aryl methyl sites for hydroxylation is 1. The molecule has 0 saturated heterocycles. The number of nitro benzene ring substituents is 1. The number of ketones is 1. The summed E-state index contributed by atoms with van der Waals surface area (Å²) in [5.41, 5.74) is 1.24. The molecule has 5 heteroatoms. The van der Waals surface area contributed by atoms with Gasteiger partial charge in [-0.05, 0) is 19.4 Å². The molecule has 1 atom stereocenters. The van der Waals surface area contributed by atoms with Gasteiger partial charge in [-0.15, -0.1) is 0 Å². The minimum Gasteiger partial charge on any atom is -0.298 e. The third-order valence-electron chi connectivity index (χ3n) is 2.08. The molecule has 0 N–H and O–H groups in total. The highest BCUT2D eigenvalue weighted by Crippen LogP contribution is 2.28. The van der Waals surface area contributed by atoms with Gasteiger partial charge < -0.3 is 0 Å². The Morgan fingerprint density at radius 1 is 1.53 bits per heavy atom. The molecule has 0 fully saturated rings. The fourth-order valence-electron chi connectivity index (χ4n) is 1.22. The van der Waals surface area contributed by atoms with E-state index in [2.05, 4.69) is 15.9 Å². The van der Waals surface area contributed by atoms with Crippen LogP contribution in [0.5, 0.6) is 0 Å². The van der Waals surface area contributed by atoms with Crippen LogP contribution < -0.4 is 0 Å². The van der Waals surface area contributed by atoms with E-state index in [0.717, 1.165) is 0 Å². The molecule has 0 aromatic heterocycles. The zero-order chi connectivity index (χ0) is 11.6. The van der Waals surface area contributed by atoms with Gasteiger partial charge in [-0.25, -0.2) is 0 Å². The van der Waals surface area contributed by atoms with E-state index >= 15 is 0 Å². The number of rotatable bonds is 3. The van der Waals surface area contributed by atoms with Gasteiger partial charge in [-0.1, -0.05) is 28.1 Å². The van der Waals surface area contributed by atoms with E-state index in [9.17, 15) is 14.9 Å². The molecule has 0 radical (unpaired) electrons. The second-order valence-electron chi connectivity index (χ2n) is 3.28. The molecule has 0 spiro atoms. The number of halogens is 1. The number of nitro groups is 1. The van der Waals surface area contributed by atoms with Crippen molar-refractivity contribution in [1.29, 1.82) is 0 Å². The average Bonchev–Trinajstić information content (AvgIpc) is 2.16. The molecule has 0 amide bonds. The van der Waals surface area contributed by atoms with Crippen molar-refractivity contribution in [1.82, 2.24) is 0 Å². The van der Waals surface area contributed by atoms with Gasteiger partial charge in [0.05, 0.1) is 9.75 Å². The van der Waals surface area contributed by atoms with E-state index in [1.807, 2.05) is 0 Å². The summed E-state index contributed by atoms with van der Waals surface area (Å²) < 4.78 is 0. The van der Waals surface area contributed by atoms with Crippen LogP contribution in [-0.2, 0) is 4.79 Å². The smallest absolute Gasteiger partial charge is 0.272 e. The van der Waals surface area contributed by atoms with Gasteiger partial charge >= 0.3 is 0 Å². The summed E-state index contributed by atoms with van der Waals surface area (Å²) in [6.07, 6.45) is 0. The molecule has 1 unspecified atom stereocenters. The lowest BCUT2D eigenvalue weighted by Gasteiger charge is -2.06. The third kappa shape index (κ3) is 2.62. The Bertz CT molecular complexity index is 417. The van der Waals surface area contributed by atoms with Gasteiger partial charge in [-0.2, -0.15) is 0 Å². The van der Waals surface area contributed by atoms with Gasteiger partial charge in [-0.3, -0.25) is 14.9 Å². The molecule has 0 saturated carbocycles. The summed E-state index contributed by atoms with van der Waals surface area (Å²) >= 11 is 3.19. The van der Waals surface area contributed by atoms with Crippen LogP contribution in [0.3, 0.4) is 0 Å². The number of benzene rings is 1. The van der Waals surface area contributed by atoms with Crippen molar-refractivity contribution in [3.8, 4) is 0 Å². The van der Waals surface area contributed by atoms with Crippen LogP contribution in [0.15, 0.2) is 18.2 Å². The Balaban J connectivity index is 3.18. The maximum atomic E-state index is 11.1. The number of nitrogens with zero attached hydrogens (tertiary/aromatic N) is 1. The van der Waals surface area contributed by atoms with E-state index < -0.39 is 9.75 Å². The zero-order valence-electron chi connectivity index (χ0n) is 8.36. The molecule has 0 aliphatic rings. The quantitative estimate of drug-likeness (QED) is 0.483. The van der Waals surface area contributed by atoms with Crippen molar-refractivity contribution in [3.63, 3.8) is 0 Å². The van der Waals surface area contributed by atoms with Gasteiger partial charge in [0.15, 0.2) is 0 Å². The predicted octanol–water partition coefficient (Wildman–Crippen LogP) is 2.93. The van der Waals surface area contributed by atoms with Crippen LogP contribution in [0.1, 0.15) is 22.9 Å². The molecule has 80 valence electrons. The summed E-state index contributed by atoms with van der Waals surface area (Å²) in [5, 5.41) is 10.7. The molecule has 4 nitrogen and oxygen atoms in total. The molecule has 0 aliphatic carbocycles. The number of hydrogen-bond acceptors (Lipinski definition) is 3. The number of alkyl halides is 1. The van der Waals surface area contributed by atoms with Crippen molar-refractivity contribution in [2.75, 3.05) is 0 Å². The first kappa shape index (κ1) is 11.8. The molecular formula is C10H10BrNO3. The molecule has 1 rings (SSSR count). The fraction of sp³-hybridized carbons (Fsp3) is 0.300. The van der Waals surface area contributed by atoms with Crippen LogP contribution in [0.25, 0.3) is 0 Å². The van der Waals surface area contributed by atoms with E-state index in [1.54, 1.807) is 19.1 Å². The third-order valence-corrected chi connectivity index (χ3v) is 3.25. The summed E-state index contributed by atoms with van der Waals surface area (Å²) in [4.78, 5) is 20.8. The van der Waals surface area contributed by atoms with Crippen LogP contribution >= 0.6 is 15.9 Å². The topological polar surface area (TPSA) is 60.2 Å². The lowest BCUT2D eigenvalue weighted by Crippen LogP contribution is -2.02. The summed E-state index contributed by atoms with van der Waals surface area (Å²) in [6.45, 7) is 3.10. The van der Waals surface area contributed by atoms with Crippen LogP contribution in [0.2, 0.25) is 0 Å². The number of carbonyl (C=O) groups is 1. The first-order valence-corrected chi connectivity index (χ1v) is 5.24. The van der Waals surface area contributed by atoms with Crippen molar-refractivity contribution in [2.45, 2.75) is 18.7 Å². The number of Topliss-reactive ketones (excluding diaryl/α,β-unsaturated/α-hetero) is 1. The van der Waals surface area contributed by atoms with Crippen LogP contribution in [0, 0.1) is 17.0 Å². The molecule has 1 aromatic rings. The normalized spacial score (nSPS) is 12.2. The second-order valence-corrected chi connectivity index (χ2v) is 4.19. The van der Waals surface area contributed by atoms with E-state index in [0.29, 0.717) is 11.1 Å². The van der Waals surface area contributed by atoms with Crippen molar-refractivity contribution < 1.29 is 9.72 Å². The molecule has 0 aliphatic heterocycles. The van der Waals surface area contributed by atoms with E-state index in [1.165, 1.54) is 13.0 Å². The largest absolute Gasteiger partial charge is 0.298 e. The number of hydrogen-bond donors (Lipinski definition) is 0. The maximum absolute atomic E-state index is 11.1. The van der Waals surface area contributed by atoms with Gasteiger partial charge in [0, 0.05) is 11.6 Å². The molecular weight excluding hydrogens is 262 g/mol.